The topological polar surface area (TPSA) is 37.3 Å². The van der Waals surface area contributed by atoms with Gasteiger partial charge in [0.05, 0.1) is 5.02 Å². The Morgan fingerprint density at radius 3 is 2.71 bits per heavy atom. The Morgan fingerprint density at radius 2 is 2.14 bits per heavy atom. The molecule has 1 aromatic rings. The number of hydrogen-bond acceptors (Lipinski definition) is 2. The van der Waals surface area contributed by atoms with Crippen LogP contribution in [-0.2, 0) is 4.79 Å². The van der Waals surface area contributed by atoms with Crippen LogP contribution < -0.4 is 0 Å². The van der Waals surface area contributed by atoms with Crippen LogP contribution in [0.15, 0.2) is 41.3 Å². The quantitative estimate of drug-likeness (QED) is 0.636. The molecule has 0 saturated carbocycles. The largest absolute Gasteiger partial charge is 0.478 e. The molecule has 0 aliphatic rings. The van der Waals surface area contributed by atoms with Crippen LogP contribution in [0, 0.1) is 0 Å². The van der Waals surface area contributed by atoms with Gasteiger partial charge in [-0.3, -0.25) is 0 Å². The van der Waals surface area contributed by atoms with Gasteiger partial charge < -0.3 is 5.11 Å². The molecule has 0 fully saturated rings. The fourth-order valence-electron chi connectivity index (χ4n) is 0.788. The Labute approximate surface area is 91.6 Å². The molecule has 74 valence electrons. The third-order valence-electron chi connectivity index (χ3n) is 1.54. The zero-order valence-corrected chi connectivity index (χ0v) is 8.94. The van der Waals surface area contributed by atoms with E-state index in [1.54, 1.807) is 6.07 Å². The van der Waals surface area contributed by atoms with Gasteiger partial charge in [0.15, 0.2) is 0 Å². The number of carbonyl (C=O) groups is 1. The number of carboxylic acid groups (broad SMARTS) is 1. The predicted octanol–water partition coefficient (Wildman–Crippen LogP) is 3.07. The SMILES string of the molecule is C=C(CSc1ccccc1Cl)C(=O)O. The van der Waals surface area contributed by atoms with Crippen molar-refractivity contribution < 1.29 is 9.90 Å². The lowest BCUT2D eigenvalue weighted by Gasteiger charge is -2.02. The lowest BCUT2D eigenvalue weighted by atomic mass is 10.4. The second kappa shape index (κ2) is 5.08. The van der Waals surface area contributed by atoms with E-state index in [1.165, 1.54) is 11.8 Å². The number of rotatable bonds is 4. The molecule has 4 heteroatoms. The Bertz CT molecular complexity index is 363. The molecule has 0 radical (unpaired) electrons. The van der Waals surface area contributed by atoms with Crippen LogP contribution in [0.4, 0.5) is 0 Å². The van der Waals surface area contributed by atoms with Crippen molar-refractivity contribution in [2.24, 2.45) is 0 Å². The maximum absolute atomic E-state index is 10.5. The Kier molecular flexibility index (Phi) is 4.04. The second-order valence-corrected chi connectivity index (χ2v) is 4.05. The summed E-state index contributed by atoms with van der Waals surface area (Å²) in [7, 11) is 0. The molecule has 0 aliphatic heterocycles. The van der Waals surface area contributed by atoms with Crippen LogP contribution in [0.3, 0.4) is 0 Å². The van der Waals surface area contributed by atoms with Gasteiger partial charge in [0.2, 0.25) is 0 Å². The summed E-state index contributed by atoms with van der Waals surface area (Å²) >= 11 is 7.26. The monoisotopic (exact) mass is 228 g/mol. The molecule has 0 heterocycles. The van der Waals surface area contributed by atoms with Gasteiger partial charge >= 0.3 is 5.97 Å². The fraction of sp³-hybridized carbons (Fsp3) is 0.100. The fourth-order valence-corrected chi connectivity index (χ4v) is 1.92. The Morgan fingerprint density at radius 1 is 1.50 bits per heavy atom. The predicted molar refractivity (Wildman–Crippen MR) is 59.0 cm³/mol. The molecule has 2 nitrogen and oxygen atoms in total. The van der Waals surface area contributed by atoms with E-state index < -0.39 is 5.97 Å². The Hall–Kier alpha value is -0.930. The first-order valence-corrected chi connectivity index (χ1v) is 5.26. The summed E-state index contributed by atoms with van der Waals surface area (Å²) in [5.74, 6) is -0.622. The van der Waals surface area contributed by atoms with Crippen LogP contribution in [-0.4, -0.2) is 16.8 Å². The van der Waals surface area contributed by atoms with E-state index in [-0.39, 0.29) is 5.57 Å². The van der Waals surface area contributed by atoms with Crippen LogP contribution in [0.25, 0.3) is 0 Å². The van der Waals surface area contributed by atoms with E-state index in [9.17, 15) is 4.79 Å². The van der Waals surface area contributed by atoms with Crippen molar-refractivity contribution in [1.82, 2.24) is 0 Å². The van der Waals surface area contributed by atoms with E-state index in [2.05, 4.69) is 6.58 Å². The molecule has 0 aliphatic carbocycles. The first kappa shape index (κ1) is 11.1. The van der Waals surface area contributed by atoms with E-state index in [1.807, 2.05) is 18.2 Å². The van der Waals surface area contributed by atoms with Crippen molar-refractivity contribution in [3.05, 3.63) is 41.4 Å². The standard InChI is InChI=1S/C10H9ClO2S/c1-7(10(12)13)6-14-9-5-3-2-4-8(9)11/h2-5H,1,6H2,(H,12,13). The normalized spacial score (nSPS) is 9.79. The number of carboxylic acids is 1. The molecule has 0 unspecified atom stereocenters. The summed E-state index contributed by atoms with van der Waals surface area (Å²) in [5, 5.41) is 9.22. The summed E-state index contributed by atoms with van der Waals surface area (Å²) in [6.45, 7) is 3.44. The van der Waals surface area contributed by atoms with Crippen LogP contribution in [0.2, 0.25) is 5.02 Å². The van der Waals surface area contributed by atoms with Gasteiger partial charge in [0, 0.05) is 16.2 Å². The molecular formula is C10H9ClO2S. The first-order valence-electron chi connectivity index (χ1n) is 3.89. The zero-order valence-electron chi connectivity index (χ0n) is 7.37. The molecule has 0 spiro atoms. The number of aliphatic carboxylic acids is 1. The third kappa shape index (κ3) is 3.09. The van der Waals surface area contributed by atoms with Gasteiger partial charge in [0.1, 0.15) is 0 Å². The number of benzene rings is 1. The summed E-state index contributed by atoms with van der Waals surface area (Å²) in [6, 6.07) is 7.31. The van der Waals surface area contributed by atoms with Gasteiger partial charge in [0.25, 0.3) is 0 Å². The smallest absolute Gasteiger partial charge is 0.331 e. The first-order chi connectivity index (χ1) is 6.61. The highest BCUT2D eigenvalue weighted by Crippen LogP contribution is 2.27. The van der Waals surface area contributed by atoms with E-state index in [0.717, 1.165) is 4.90 Å². The van der Waals surface area contributed by atoms with Crippen LogP contribution in [0.1, 0.15) is 0 Å². The number of hydrogen-bond donors (Lipinski definition) is 1. The maximum atomic E-state index is 10.5. The molecule has 0 aromatic heterocycles. The highest BCUT2D eigenvalue weighted by Gasteiger charge is 2.05. The third-order valence-corrected chi connectivity index (χ3v) is 3.14. The summed E-state index contributed by atoms with van der Waals surface area (Å²) < 4.78 is 0. The molecule has 1 aromatic carbocycles. The van der Waals surface area contributed by atoms with Gasteiger partial charge in [-0.2, -0.15) is 0 Å². The maximum Gasteiger partial charge on any atom is 0.331 e. The Balaban J connectivity index is 2.58. The summed E-state index contributed by atoms with van der Waals surface area (Å²) in [6.07, 6.45) is 0. The van der Waals surface area contributed by atoms with Crippen molar-refractivity contribution >= 4 is 29.3 Å². The lowest BCUT2D eigenvalue weighted by molar-refractivity contribution is -0.132. The van der Waals surface area contributed by atoms with E-state index in [4.69, 9.17) is 16.7 Å². The average Bonchev–Trinajstić information content (AvgIpc) is 2.16. The zero-order chi connectivity index (χ0) is 10.6. The molecule has 0 saturated heterocycles. The van der Waals surface area contributed by atoms with Gasteiger partial charge in [-0.1, -0.05) is 30.3 Å². The lowest BCUT2D eigenvalue weighted by Crippen LogP contribution is -2.00. The van der Waals surface area contributed by atoms with E-state index in [0.29, 0.717) is 10.8 Å². The molecule has 0 amide bonds. The highest BCUT2D eigenvalue weighted by molar-refractivity contribution is 7.99. The minimum Gasteiger partial charge on any atom is -0.478 e. The van der Waals surface area contributed by atoms with Crippen molar-refractivity contribution in [1.29, 1.82) is 0 Å². The van der Waals surface area contributed by atoms with Crippen molar-refractivity contribution in [2.45, 2.75) is 4.90 Å². The molecule has 1 N–H and O–H groups in total. The van der Waals surface area contributed by atoms with Gasteiger partial charge in [-0.15, -0.1) is 11.8 Å². The van der Waals surface area contributed by atoms with Gasteiger partial charge in [-0.05, 0) is 12.1 Å². The number of thioether (sulfide) groups is 1. The second-order valence-electron chi connectivity index (χ2n) is 2.63. The van der Waals surface area contributed by atoms with E-state index >= 15 is 0 Å². The van der Waals surface area contributed by atoms with Crippen molar-refractivity contribution in [3.8, 4) is 0 Å². The molecular weight excluding hydrogens is 220 g/mol. The van der Waals surface area contributed by atoms with Crippen LogP contribution >= 0.6 is 23.4 Å². The molecule has 0 atom stereocenters. The highest BCUT2D eigenvalue weighted by atomic mass is 35.5. The minimum atomic E-state index is -0.968. The minimum absolute atomic E-state index is 0.176. The van der Waals surface area contributed by atoms with Crippen molar-refractivity contribution in [3.63, 3.8) is 0 Å². The van der Waals surface area contributed by atoms with Crippen LogP contribution in [0.5, 0.6) is 0 Å². The van der Waals surface area contributed by atoms with Gasteiger partial charge in [-0.25, -0.2) is 4.79 Å². The molecule has 1 rings (SSSR count). The molecule has 14 heavy (non-hydrogen) atoms. The summed E-state index contributed by atoms with van der Waals surface area (Å²) in [5.41, 5.74) is 0.176. The number of halogens is 1. The average molecular weight is 229 g/mol. The molecule has 0 bridgehead atoms. The van der Waals surface area contributed by atoms with Crippen molar-refractivity contribution in [2.75, 3.05) is 5.75 Å². The summed E-state index contributed by atoms with van der Waals surface area (Å²) in [4.78, 5) is 11.3.